The van der Waals surface area contributed by atoms with Crippen LogP contribution >= 0.6 is 0 Å². The molecule has 0 bridgehead atoms. The van der Waals surface area contributed by atoms with Gasteiger partial charge in [-0.3, -0.25) is 14.6 Å². The van der Waals surface area contributed by atoms with Gasteiger partial charge in [0.1, 0.15) is 12.2 Å². The first kappa shape index (κ1) is 15.1. The molecule has 1 aromatic heterocycles. The average molecular weight is 264 g/mol. The molecule has 1 N–H and O–H groups in total. The molecule has 1 amide bonds. The maximum absolute atomic E-state index is 11.6. The molecule has 0 radical (unpaired) electrons. The van der Waals surface area contributed by atoms with E-state index in [0.29, 0.717) is 12.3 Å². The third kappa shape index (κ3) is 6.55. The van der Waals surface area contributed by atoms with Gasteiger partial charge in [0.25, 0.3) is 5.91 Å². The van der Waals surface area contributed by atoms with E-state index in [1.54, 1.807) is 18.2 Å². The number of rotatable bonds is 8. The molecule has 0 saturated heterocycles. The Bertz CT molecular complexity index is 393. The first-order valence-corrected chi connectivity index (χ1v) is 6.59. The van der Waals surface area contributed by atoms with Crippen LogP contribution in [-0.4, -0.2) is 30.0 Å². The molecule has 0 fully saturated rings. The molecule has 0 unspecified atom stereocenters. The molecule has 0 saturated carbocycles. The predicted octanol–water partition coefficient (Wildman–Crippen LogP) is 1.93. The topological polar surface area (TPSA) is 68.3 Å². The molecule has 19 heavy (non-hydrogen) atoms. The second-order valence-corrected chi connectivity index (χ2v) is 4.18. The number of nitrogens with one attached hydrogen (secondary N) is 1. The average Bonchev–Trinajstić information content (AvgIpc) is 2.45. The van der Waals surface area contributed by atoms with Crippen molar-refractivity contribution in [1.29, 1.82) is 0 Å². The lowest BCUT2D eigenvalue weighted by atomic mass is 10.2. The third-order valence-electron chi connectivity index (χ3n) is 2.55. The van der Waals surface area contributed by atoms with E-state index in [-0.39, 0.29) is 12.5 Å². The van der Waals surface area contributed by atoms with Crippen LogP contribution in [0.5, 0.6) is 0 Å². The standard InChI is InChI=1S/C14H20N2O3/c1-2-3-4-7-10-19-13(17)11-16-14(18)12-8-5-6-9-15-12/h5-6,8-9H,2-4,7,10-11H2,1H3,(H,16,18). The second kappa shape index (κ2) is 9.08. The summed E-state index contributed by atoms with van der Waals surface area (Å²) in [5.74, 6) is -0.788. The number of carbonyl (C=O) groups excluding carboxylic acids is 2. The first-order chi connectivity index (χ1) is 9.24. The minimum absolute atomic E-state index is 0.122. The predicted molar refractivity (Wildman–Crippen MR) is 71.7 cm³/mol. The molecular weight excluding hydrogens is 244 g/mol. The van der Waals surface area contributed by atoms with Crippen LogP contribution in [0.1, 0.15) is 43.1 Å². The largest absolute Gasteiger partial charge is 0.464 e. The fraction of sp³-hybridized carbons (Fsp3) is 0.500. The number of pyridine rings is 1. The number of esters is 1. The van der Waals surface area contributed by atoms with Crippen molar-refractivity contribution in [2.75, 3.05) is 13.2 Å². The van der Waals surface area contributed by atoms with E-state index in [4.69, 9.17) is 4.74 Å². The highest BCUT2D eigenvalue weighted by Gasteiger charge is 2.08. The van der Waals surface area contributed by atoms with Gasteiger partial charge in [-0.25, -0.2) is 0 Å². The van der Waals surface area contributed by atoms with E-state index >= 15 is 0 Å². The third-order valence-corrected chi connectivity index (χ3v) is 2.55. The van der Waals surface area contributed by atoms with Gasteiger partial charge < -0.3 is 10.1 Å². The number of amides is 1. The second-order valence-electron chi connectivity index (χ2n) is 4.18. The lowest BCUT2D eigenvalue weighted by Gasteiger charge is -2.06. The molecule has 0 spiro atoms. The fourth-order valence-electron chi connectivity index (χ4n) is 1.51. The number of carbonyl (C=O) groups is 2. The van der Waals surface area contributed by atoms with Gasteiger partial charge in [0.05, 0.1) is 6.61 Å². The summed E-state index contributed by atoms with van der Waals surface area (Å²) in [5, 5.41) is 2.47. The van der Waals surface area contributed by atoms with Crippen LogP contribution in [0, 0.1) is 0 Å². The van der Waals surface area contributed by atoms with Gasteiger partial charge in [-0.2, -0.15) is 0 Å². The maximum atomic E-state index is 11.6. The normalized spacial score (nSPS) is 9.95. The van der Waals surface area contributed by atoms with Gasteiger partial charge in [-0.15, -0.1) is 0 Å². The summed E-state index contributed by atoms with van der Waals surface area (Å²) in [4.78, 5) is 26.8. The van der Waals surface area contributed by atoms with Gasteiger partial charge in [0, 0.05) is 6.20 Å². The van der Waals surface area contributed by atoms with Crippen molar-refractivity contribution in [1.82, 2.24) is 10.3 Å². The van der Waals surface area contributed by atoms with E-state index in [2.05, 4.69) is 17.2 Å². The van der Waals surface area contributed by atoms with Crippen LogP contribution in [0.2, 0.25) is 0 Å². The van der Waals surface area contributed by atoms with E-state index in [9.17, 15) is 9.59 Å². The molecule has 1 rings (SSSR count). The monoisotopic (exact) mass is 264 g/mol. The van der Waals surface area contributed by atoms with Gasteiger partial charge in [-0.1, -0.05) is 32.3 Å². The van der Waals surface area contributed by atoms with Crippen molar-refractivity contribution in [3.63, 3.8) is 0 Å². The molecule has 0 aromatic carbocycles. The highest BCUT2D eigenvalue weighted by atomic mass is 16.5. The number of nitrogens with zero attached hydrogens (tertiary/aromatic N) is 1. The van der Waals surface area contributed by atoms with E-state index in [1.807, 2.05) is 0 Å². The van der Waals surface area contributed by atoms with E-state index in [0.717, 1.165) is 25.7 Å². The molecule has 0 aliphatic carbocycles. The van der Waals surface area contributed by atoms with Crippen molar-refractivity contribution >= 4 is 11.9 Å². The summed E-state index contributed by atoms with van der Waals surface area (Å²) in [7, 11) is 0. The van der Waals surface area contributed by atoms with Crippen LogP contribution in [0.3, 0.4) is 0 Å². The molecular formula is C14H20N2O3. The molecule has 104 valence electrons. The molecule has 1 heterocycles. The van der Waals surface area contributed by atoms with E-state index < -0.39 is 5.97 Å². The quantitative estimate of drug-likeness (QED) is 0.575. The molecule has 0 aliphatic rings. The van der Waals surface area contributed by atoms with Crippen LogP contribution in [0.15, 0.2) is 24.4 Å². The van der Waals surface area contributed by atoms with Crippen molar-refractivity contribution in [3.05, 3.63) is 30.1 Å². The zero-order chi connectivity index (χ0) is 13.9. The SMILES string of the molecule is CCCCCCOC(=O)CNC(=O)c1ccccn1. The van der Waals surface area contributed by atoms with Gasteiger partial charge in [0.2, 0.25) is 0 Å². The summed E-state index contributed by atoms with van der Waals surface area (Å²) in [6.45, 7) is 2.42. The van der Waals surface area contributed by atoms with Gasteiger partial charge >= 0.3 is 5.97 Å². The summed E-state index contributed by atoms with van der Waals surface area (Å²) in [6.07, 6.45) is 5.75. The lowest BCUT2D eigenvalue weighted by molar-refractivity contribution is -0.142. The Morgan fingerprint density at radius 2 is 2.11 bits per heavy atom. The van der Waals surface area contributed by atoms with Crippen molar-refractivity contribution < 1.29 is 14.3 Å². The summed E-state index contributed by atoms with van der Waals surface area (Å²) >= 11 is 0. The number of ether oxygens (including phenoxy) is 1. The summed E-state index contributed by atoms with van der Waals surface area (Å²) < 4.78 is 5.00. The number of unbranched alkanes of at least 4 members (excludes halogenated alkanes) is 3. The molecule has 0 atom stereocenters. The van der Waals surface area contributed by atoms with E-state index in [1.165, 1.54) is 6.20 Å². The maximum Gasteiger partial charge on any atom is 0.325 e. The van der Waals surface area contributed by atoms with Crippen LogP contribution in [0.25, 0.3) is 0 Å². The van der Waals surface area contributed by atoms with Crippen LogP contribution in [-0.2, 0) is 9.53 Å². The van der Waals surface area contributed by atoms with Crippen molar-refractivity contribution in [2.45, 2.75) is 32.6 Å². The molecule has 5 nitrogen and oxygen atoms in total. The molecule has 0 aliphatic heterocycles. The van der Waals surface area contributed by atoms with Crippen molar-refractivity contribution in [2.24, 2.45) is 0 Å². The van der Waals surface area contributed by atoms with Crippen LogP contribution in [0.4, 0.5) is 0 Å². The van der Waals surface area contributed by atoms with Gasteiger partial charge in [0.15, 0.2) is 0 Å². The Labute approximate surface area is 113 Å². The van der Waals surface area contributed by atoms with Crippen molar-refractivity contribution in [3.8, 4) is 0 Å². The Balaban J connectivity index is 2.15. The highest BCUT2D eigenvalue weighted by molar-refractivity contribution is 5.94. The summed E-state index contributed by atoms with van der Waals surface area (Å²) in [6, 6.07) is 5.03. The Morgan fingerprint density at radius 1 is 1.26 bits per heavy atom. The Kier molecular flexibility index (Phi) is 7.24. The minimum Gasteiger partial charge on any atom is -0.464 e. The van der Waals surface area contributed by atoms with Crippen LogP contribution < -0.4 is 5.32 Å². The Hall–Kier alpha value is -1.91. The zero-order valence-electron chi connectivity index (χ0n) is 11.2. The smallest absolute Gasteiger partial charge is 0.325 e. The zero-order valence-corrected chi connectivity index (χ0v) is 11.2. The summed E-state index contributed by atoms with van der Waals surface area (Å²) in [5.41, 5.74) is 0.290. The number of hydrogen-bond acceptors (Lipinski definition) is 4. The Morgan fingerprint density at radius 3 is 2.79 bits per heavy atom. The number of hydrogen-bond donors (Lipinski definition) is 1. The van der Waals surface area contributed by atoms with Gasteiger partial charge in [-0.05, 0) is 18.6 Å². The fourth-order valence-corrected chi connectivity index (χ4v) is 1.51. The minimum atomic E-state index is -0.416. The number of aromatic nitrogens is 1. The first-order valence-electron chi connectivity index (χ1n) is 6.59. The lowest BCUT2D eigenvalue weighted by Crippen LogP contribution is -2.31. The molecule has 1 aromatic rings. The highest BCUT2D eigenvalue weighted by Crippen LogP contribution is 1.99. The molecule has 5 heteroatoms.